The molecule has 1 aliphatic heterocycles. The number of aromatic nitrogens is 1. The Morgan fingerprint density at radius 2 is 2.08 bits per heavy atom. The second-order valence-corrected chi connectivity index (χ2v) is 7.47. The first-order chi connectivity index (χ1) is 12.3. The molecule has 2 aromatic rings. The minimum atomic E-state index is -0.143. The van der Waals surface area contributed by atoms with Gasteiger partial charge in [0.25, 0.3) is 5.91 Å². The molecule has 1 N–H and O–H groups in total. The van der Waals surface area contributed by atoms with Crippen LogP contribution >= 0.6 is 0 Å². The molecule has 2 heterocycles. The molecule has 0 aliphatic carbocycles. The van der Waals surface area contributed by atoms with Crippen LogP contribution in [-0.4, -0.2) is 34.0 Å². The first-order valence-electron chi connectivity index (χ1n) is 9.08. The van der Waals surface area contributed by atoms with E-state index in [-0.39, 0.29) is 17.6 Å². The average Bonchev–Trinajstić information content (AvgIpc) is 3.02. The van der Waals surface area contributed by atoms with Crippen LogP contribution in [0.2, 0.25) is 0 Å². The molecule has 0 bridgehead atoms. The Morgan fingerprint density at radius 3 is 2.77 bits per heavy atom. The van der Waals surface area contributed by atoms with Crippen LogP contribution in [0.15, 0.2) is 22.6 Å². The number of benzene rings is 1. The minimum Gasteiger partial charge on any atom is -0.508 e. The topological polar surface area (TPSA) is 75.8 Å². The second-order valence-electron chi connectivity index (χ2n) is 7.47. The average molecular weight is 358 g/mol. The summed E-state index contributed by atoms with van der Waals surface area (Å²) < 4.78 is 11.4. The van der Waals surface area contributed by atoms with E-state index in [1.807, 2.05) is 27.7 Å². The van der Waals surface area contributed by atoms with E-state index in [2.05, 4.69) is 4.98 Å². The lowest BCUT2D eigenvalue weighted by atomic mass is 10.1. The van der Waals surface area contributed by atoms with E-state index in [1.54, 1.807) is 11.0 Å². The molecule has 0 saturated heterocycles. The number of phenols is 1. The van der Waals surface area contributed by atoms with Gasteiger partial charge in [-0.15, -0.1) is 0 Å². The minimum absolute atomic E-state index is 0.0239. The summed E-state index contributed by atoms with van der Waals surface area (Å²) >= 11 is 0. The Hall–Kier alpha value is -2.50. The summed E-state index contributed by atoms with van der Waals surface area (Å²) in [4.78, 5) is 19.2. The van der Waals surface area contributed by atoms with Crippen molar-refractivity contribution in [2.45, 2.75) is 46.6 Å². The predicted octanol–water partition coefficient (Wildman–Crippen LogP) is 3.74. The fourth-order valence-corrected chi connectivity index (χ4v) is 2.87. The number of amides is 1. The molecule has 1 amide bonds. The molecule has 0 unspecified atom stereocenters. The number of nitrogens with zero attached hydrogens (tertiary/aromatic N) is 2. The van der Waals surface area contributed by atoms with Gasteiger partial charge in [-0.2, -0.15) is 0 Å². The van der Waals surface area contributed by atoms with Crippen LogP contribution in [0.3, 0.4) is 0 Å². The summed E-state index contributed by atoms with van der Waals surface area (Å²) in [6.07, 6.45) is 0.649. The lowest BCUT2D eigenvalue weighted by Crippen LogP contribution is -2.35. The Morgan fingerprint density at radius 1 is 1.31 bits per heavy atom. The zero-order valence-electron chi connectivity index (χ0n) is 15.8. The standard InChI is InChI=1S/C20H26N2O4/c1-12(2)11-25-16-8-14(7-15(23)9-16)20(24)22-6-5-18-17(10-22)21-19(26-18)13(3)4/h7-9,12-13,23H,5-6,10-11H2,1-4H3. The maximum absolute atomic E-state index is 12.9. The summed E-state index contributed by atoms with van der Waals surface area (Å²) in [6, 6.07) is 4.69. The van der Waals surface area contributed by atoms with Gasteiger partial charge in [0, 0.05) is 30.5 Å². The van der Waals surface area contributed by atoms with Gasteiger partial charge in [-0.05, 0) is 18.1 Å². The van der Waals surface area contributed by atoms with Gasteiger partial charge >= 0.3 is 0 Å². The molecule has 6 nitrogen and oxygen atoms in total. The van der Waals surface area contributed by atoms with Crippen LogP contribution in [0, 0.1) is 5.92 Å². The quantitative estimate of drug-likeness (QED) is 0.881. The summed E-state index contributed by atoms with van der Waals surface area (Å²) in [6.45, 7) is 9.67. The number of carbonyl (C=O) groups excluding carboxylic acids is 1. The largest absolute Gasteiger partial charge is 0.508 e. The lowest BCUT2D eigenvalue weighted by Gasteiger charge is -2.25. The molecule has 0 fully saturated rings. The number of carbonyl (C=O) groups is 1. The Balaban J connectivity index is 1.77. The lowest BCUT2D eigenvalue weighted by molar-refractivity contribution is 0.0727. The molecule has 1 aromatic heterocycles. The third-order valence-electron chi connectivity index (χ3n) is 4.25. The summed E-state index contributed by atoms with van der Waals surface area (Å²) in [7, 11) is 0. The molecular formula is C20H26N2O4. The highest BCUT2D eigenvalue weighted by molar-refractivity contribution is 5.95. The van der Waals surface area contributed by atoms with Crippen molar-refractivity contribution in [3.8, 4) is 11.5 Å². The van der Waals surface area contributed by atoms with Gasteiger partial charge in [0.1, 0.15) is 23.0 Å². The maximum Gasteiger partial charge on any atom is 0.254 e. The van der Waals surface area contributed by atoms with Crippen molar-refractivity contribution >= 4 is 5.91 Å². The van der Waals surface area contributed by atoms with Gasteiger partial charge < -0.3 is 19.2 Å². The van der Waals surface area contributed by atoms with Crippen LogP contribution in [0.5, 0.6) is 11.5 Å². The van der Waals surface area contributed by atoms with Gasteiger partial charge in [0.15, 0.2) is 5.89 Å². The Bertz CT molecular complexity index is 795. The Labute approximate surface area is 153 Å². The van der Waals surface area contributed by atoms with E-state index < -0.39 is 0 Å². The number of hydrogen-bond donors (Lipinski definition) is 1. The zero-order chi connectivity index (χ0) is 18.8. The number of fused-ring (bicyclic) bond motifs is 1. The van der Waals surface area contributed by atoms with E-state index in [1.165, 1.54) is 12.1 Å². The molecule has 3 rings (SSSR count). The molecule has 1 aromatic carbocycles. The SMILES string of the molecule is CC(C)COc1cc(O)cc(C(=O)N2CCc3oc(C(C)C)nc3C2)c1. The number of rotatable bonds is 5. The smallest absolute Gasteiger partial charge is 0.254 e. The zero-order valence-corrected chi connectivity index (χ0v) is 15.8. The molecule has 6 heteroatoms. The van der Waals surface area contributed by atoms with Crippen LogP contribution in [0.4, 0.5) is 0 Å². The highest BCUT2D eigenvalue weighted by atomic mass is 16.5. The normalized spacial score (nSPS) is 14.0. The highest BCUT2D eigenvalue weighted by Gasteiger charge is 2.27. The third kappa shape index (κ3) is 4.00. The summed E-state index contributed by atoms with van der Waals surface area (Å²) in [5, 5.41) is 9.95. The monoisotopic (exact) mass is 358 g/mol. The van der Waals surface area contributed by atoms with Gasteiger partial charge in [-0.1, -0.05) is 27.7 Å². The number of aromatic hydroxyl groups is 1. The van der Waals surface area contributed by atoms with Crippen LogP contribution < -0.4 is 4.74 Å². The van der Waals surface area contributed by atoms with Gasteiger partial charge in [0.2, 0.25) is 0 Å². The summed E-state index contributed by atoms with van der Waals surface area (Å²) in [5.41, 5.74) is 1.24. The maximum atomic E-state index is 12.9. The van der Waals surface area contributed by atoms with Crippen molar-refractivity contribution in [2.24, 2.45) is 5.92 Å². The molecule has 0 atom stereocenters. The van der Waals surface area contributed by atoms with Crippen molar-refractivity contribution < 1.29 is 19.1 Å². The number of ether oxygens (including phenoxy) is 1. The molecular weight excluding hydrogens is 332 g/mol. The highest BCUT2D eigenvalue weighted by Crippen LogP contribution is 2.27. The van der Waals surface area contributed by atoms with E-state index in [9.17, 15) is 9.90 Å². The Kier molecular flexibility index (Phi) is 5.20. The van der Waals surface area contributed by atoms with Crippen molar-refractivity contribution in [1.29, 1.82) is 0 Å². The van der Waals surface area contributed by atoms with Crippen molar-refractivity contribution in [3.63, 3.8) is 0 Å². The van der Waals surface area contributed by atoms with E-state index in [0.717, 1.165) is 11.5 Å². The third-order valence-corrected chi connectivity index (χ3v) is 4.25. The van der Waals surface area contributed by atoms with Crippen molar-refractivity contribution in [2.75, 3.05) is 13.2 Å². The van der Waals surface area contributed by atoms with E-state index in [0.29, 0.717) is 49.2 Å². The molecule has 1 aliphatic rings. The fraction of sp³-hybridized carbons (Fsp3) is 0.500. The second kappa shape index (κ2) is 7.40. The number of phenolic OH excluding ortho intramolecular Hbond substituents is 1. The molecule has 0 spiro atoms. The predicted molar refractivity (Wildman–Crippen MR) is 97.5 cm³/mol. The summed E-state index contributed by atoms with van der Waals surface area (Å²) in [5.74, 6) is 2.55. The fourth-order valence-electron chi connectivity index (χ4n) is 2.87. The molecule has 26 heavy (non-hydrogen) atoms. The van der Waals surface area contributed by atoms with Gasteiger partial charge in [0.05, 0.1) is 13.2 Å². The van der Waals surface area contributed by atoms with Crippen LogP contribution in [0.1, 0.15) is 61.3 Å². The van der Waals surface area contributed by atoms with Crippen molar-refractivity contribution in [3.05, 3.63) is 41.1 Å². The van der Waals surface area contributed by atoms with Crippen molar-refractivity contribution in [1.82, 2.24) is 9.88 Å². The number of hydrogen-bond acceptors (Lipinski definition) is 5. The van der Waals surface area contributed by atoms with Gasteiger partial charge in [-0.3, -0.25) is 4.79 Å². The molecule has 0 radical (unpaired) electrons. The van der Waals surface area contributed by atoms with Crippen LogP contribution in [0.25, 0.3) is 0 Å². The molecule has 0 saturated carbocycles. The number of oxazole rings is 1. The first kappa shape index (κ1) is 18.3. The molecule has 140 valence electrons. The van der Waals surface area contributed by atoms with E-state index >= 15 is 0 Å². The first-order valence-corrected chi connectivity index (χ1v) is 9.08. The van der Waals surface area contributed by atoms with E-state index in [4.69, 9.17) is 9.15 Å². The van der Waals surface area contributed by atoms with Gasteiger partial charge in [-0.25, -0.2) is 4.98 Å². The van der Waals surface area contributed by atoms with Crippen LogP contribution in [-0.2, 0) is 13.0 Å².